The van der Waals surface area contributed by atoms with Crippen LogP contribution in [-0.2, 0) is 13.0 Å². The highest BCUT2D eigenvalue weighted by Crippen LogP contribution is 2.33. The average molecular weight is 322 g/mol. The summed E-state index contributed by atoms with van der Waals surface area (Å²) in [6.07, 6.45) is 1.95. The minimum absolute atomic E-state index is 0.767. The van der Waals surface area contributed by atoms with Gasteiger partial charge in [0.15, 0.2) is 0 Å². The van der Waals surface area contributed by atoms with Crippen LogP contribution in [0.5, 0.6) is 0 Å². The van der Waals surface area contributed by atoms with Crippen LogP contribution < -0.4 is 5.73 Å². The van der Waals surface area contributed by atoms with Crippen LogP contribution in [0.4, 0.5) is 5.82 Å². The molecule has 4 heteroatoms. The predicted molar refractivity (Wildman–Crippen MR) is 84.2 cm³/mol. The number of halogens is 1. The second-order valence-electron chi connectivity index (χ2n) is 4.75. The van der Waals surface area contributed by atoms with E-state index in [1.165, 1.54) is 5.56 Å². The lowest BCUT2D eigenvalue weighted by Gasteiger charge is -2.07. The van der Waals surface area contributed by atoms with Crippen molar-refractivity contribution in [3.05, 3.63) is 34.1 Å². The molecule has 2 rings (SSSR count). The molecule has 2 N–H and O–H groups in total. The van der Waals surface area contributed by atoms with Gasteiger partial charge in [0.2, 0.25) is 0 Å². The predicted octanol–water partition coefficient (Wildman–Crippen LogP) is 4.18. The van der Waals surface area contributed by atoms with E-state index in [1.807, 2.05) is 0 Å². The van der Waals surface area contributed by atoms with Crippen LogP contribution in [0.1, 0.15) is 31.7 Å². The number of benzene rings is 1. The Morgan fingerprint density at radius 1 is 1.32 bits per heavy atom. The molecule has 0 saturated carbocycles. The Morgan fingerprint density at radius 2 is 2.05 bits per heavy atom. The third kappa shape index (κ3) is 2.68. The molecule has 0 aliphatic heterocycles. The third-order valence-electron chi connectivity index (χ3n) is 3.23. The first-order chi connectivity index (χ1) is 9.08. The average Bonchev–Trinajstić information content (AvgIpc) is 2.68. The van der Waals surface area contributed by atoms with Gasteiger partial charge in [0, 0.05) is 23.0 Å². The fourth-order valence-corrected chi connectivity index (χ4v) is 2.95. The quantitative estimate of drug-likeness (QED) is 0.918. The lowest BCUT2D eigenvalue weighted by molar-refractivity contribution is 0.650. The van der Waals surface area contributed by atoms with Gasteiger partial charge in [0.1, 0.15) is 17.3 Å². The zero-order valence-electron chi connectivity index (χ0n) is 11.7. The summed E-state index contributed by atoms with van der Waals surface area (Å²) in [7, 11) is 0. The summed E-state index contributed by atoms with van der Waals surface area (Å²) < 4.78 is 3.17. The second-order valence-corrected chi connectivity index (χ2v) is 5.60. The highest BCUT2D eigenvalue weighted by Gasteiger charge is 2.16. The number of aryl methyl sites for hydroxylation is 2. The van der Waals surface area contributed by atoms with Gasteiger partial charge in [-0.05, 0) is 25.0 Å². The molecule has 1 aromatic heterocycles. The van der Waals surface area contributed by atoms with E-state index in [0.29, 0.717) is 0 Å². The molecule has 0 unspecified atom stereocenters. The Morgan fingerprint density at radius 3 is 2.63 bits per heavy atom. The van der Waals surface area contributed by atoms with Gasteiger partial charge in [-0.15, -0.1) is 0 Å². The SMILES string of the molecule is CCCn1c(CC)nc(-c2ccc(C)cc2Br)c1N. The summed E-state index contributed by atoms with van der Waals surface area (Å²) in [5.41, 5.74) is 9.45. The molecule has 0 atom stereocenters. The zero-order valence-corrected chi connectivity index (χ0v) is 13.3. The van der Waals surface area contributed by atoms with Crippen LogP contribution in [0.15, 0.2) is 22.7 Å². The highest BCUT2D eigenvalue weighted by molar-refractivity contribution is 9.10. The van der Waals surface area contributed by atoms with Gasteiger partial charge in [0.25, 0.3) is 0 Å². The largest absolute Gasteiger partial charge is 0.383 e. The molecule has 0 fully saturated rings. The maximum atomic E-state index is 6.28. The van der Waals surface area contributed by atoms with Gasteiger partial charge in [0.05, 0.1) is 0 Å². The lowest BCUT2D eigenvalue weighted by Crippen LogP contribution is -2.06. The Hall–Kier alpha value is -1.29. The fourth-order valence-electron chi connectivity index (χ4n) is 2.27. The molecule has 102 valence electrons. The molecule has 0 radical (unpaired) electrons. The normalized spacial score (nSPS) is 10.9. The Labute approximate surface area is 123 Å². The molecule has 19 heavy (non-hydrogen) atoms. The number of hydrogen-bond acceptors (Lipinski definition) is 2. The van der Waals surface area contributed by atoms with Crippen LogP contribution in [0.2, 0.25) is 0 Å². The maximum Gasteiger partial charge on any atom is 0.131 e. The molecule has 0 aliphatic carbocycles. The molecule has 0 amide bonds. The molecule has 0 aliphatic rings. The minimum Gasteiger partial charge on any atom is -0.383 e. The van der Waals surface area contributed by atoms with Crippen molar-refractivity contribution in [2.45, 2.75) is 40.2 Å². The molecule has 0 spiro atoms. The summed E-state index contributed by atoms with van der Waals surface area (Å²) in [5.74, 6) is 1.82. The number of anilines is 1. The summed E-state index contributed by atoms with van der Waals surface area (Å²) in [5, 5.41) is 0. The molecule has 0 saturated heterocycles. The fraction of sp³-hybridized carbons (Fsp3) is 0.400. The van der Waals surface area contributed by atoms with E-state index in [2.05, 4.69) is 59.5 Å². The van der Waals surface area contributed by atoms with Gasteiger partial charge in [-0.25, -0.2) is 4.98 Å². The summed E-state index contributed by atoms with van der Waals surface area (Å²) >= 11 is 3.61. The van der Waals surface area contributed by atoms with E-state index in [9.17, 15) is 0 Å². The molecule has 1 heterocycles. The van der Waals surface area contributed by atoms with Gasteiger partial charge in [-0.1, -0.05) is 41.9 Å². The second kappa shape index (κ2) is 5.78. The first kappa shape index (κ1) is 14.1. The van der Waals surface area contributed by atoms with Crippen LogP contribution >= 0.6 is 15.9 Å². The van der Waals surface area contributed by atoms with Crippen molar-refractivity contribution in [2.75, 3.05) is 5.73 Å². The highest BCUT2D eigenvalue weighted by atomic mass is 79.9. The first-order valence-corrected chi connectivity index (χ1v) is 7.49. The number of rotatable bonds is 4. The summed E-state index contributed by atoms with van der Waals surface area (Å²) in [4.78, 5) is 4.72. The zero-order chi connectivity index (χ0) is 14.0. The van der Waals surface area contributed by atoms with E-state index in [1.54, 1.807) is 0 Å². The number of nitrogen functional groups attached to an aromatic ring is 1. The van der Waals surface area contributed by atoms with Crippen molar-refractivity contribution in [3.8, 4) is 11.3 Å². The van der Waals surface area contributed by atoms with E-state index in [0.717, 1.165) is 46.8 Å². The standard InChI is InChI=1S/C15H20BrN3/c1-4-8-19-13(5-2)18-14(15(19)17)11-7-6-10(3)9-12(11)16/h6-7,9H,4-5,8,17H2,1-3H3. The molecule has 3 nitrogen and oxygen atoms in total. The lowest BCUT2D eigenvalue weighted by atomic mass is 10.1. The van der Waals surface area contributed by atoms with Crippen LogP contribution in [-0.4, -0.2) is 9.55 Å². The Kier molecular flexibility index (Phi) is 4.30. The van der Waals surface area contributed by atoms with Gasteiger partial charge in [-0.3, -0.25) is 0 Å². The summed E-state index contributed by atoms with van der Waals surface area (Å²) in [6.45, 7) is 7.26. The van der Waals surface area contributed by atoms with Gasteiger partial charge in [-0.2, -0.15) is 0 Å². The van der Waals surface area contributed by atoms with Gasteiger partial charge >= 0.3 is 0 Å². The van der Waals surface area contributed by atoms with Crippen LogP contribution in [0, 0.1) is 6.92 Å². The van der Waals surface area contributed by atoms with E-state index >= 15 is 0 Å². The van der Waals surface area contributed by atoms with Crippen molar-refractivity contribution < 1.29 is 0 Å². The molecule has 0 bridgehead atoms. The van der Waals surface area contributed by atoms with Crippen LogP contribution in [0.3, 0.4) is 0 Å². The van der Waals surface area contributed by atoms with Crippen molar-refractivity contribution in [2.24, 2.45) is 0 Å². The number of nitrogens with zero attached hydrogens (tertiary/aromatic N) is 2. The van der Waals surface area contributed by atoms with Crippen LogP contribution in [0.25, 0.3) is 11.3 Å². The molecular weight excluding hydrogens is 302 g/mol. The van der Waals surface area contributed by atoms with Crippen molar-refractivity contribution in [1.82, 2.24) is 9.55 Å². The maximum absolute atomic E-state index is 6.28. The van der Waals surface area contributed by atoms with Gasteiger partial charge < -0.3 is 10.3 Å². The monoisotopic (exact) mass is 321 g/mol. The smallest absolute Gasteiger partial charge is 0.131 e. The first-order valence-electron chi connectivity index (χ1n) is 6.69. The number of nitrogens with two attached hydrogens (primary N) is 1. The van der Waals surface area contributed by atoms with E-state index < -0.39 is 0 Å². The molecule has 1 aromatic carbocycles. The third-order valence-corrected chi connectivity index (χ3v) is 3.89. The van der Waals surface area contributed by atoms with Crippen molar-refractivity contribution in [3.63, 3.8) is 0 Å². The molecule has 2 aromatic rings. The number of imidazole rings is 1. The number of hydrogen-bond donors (Lipinski definition) is 1. The van der Waals surface area contributed by atoms with E-state index in [4.69, 9.17) is 10.7 Å². The number of aromatic nitrogens is 2. The van der Waals surface area contributed by atoms with E-state index in [-0.39, 0.29) is 0 Å². The summed E-state index contributed by atoms with van der Waals surface area (Å²) in [6, 6.07) is 6.26. The minimum atomic E-state index is 0.767. The Balaban J connectivity index is 2.56. The molecular formula is C15H20BrN3. The Bertz CT molecular complexity index is 587. The van der Waals surface area contributed by atoms with Crippen molar-refractivity contribution >= 4 is 21.7 Å². The topological polar surface area (TPSA) is 43.8 Å². The van der Waals surface area contributed by atoms with Crippen molar-refractivity contribution in [1.29, 1.82) is 0 Å².